The van der Waals surface area contributed by atoms with Crippen molar-refractivity contribution in [2.75, 3.05) is 33.2 Å². The van der Waals surface area contributed by atoms with Crippen molar-refractivity contribution in [3.8, 4) is 0 Å². The maximum Gasteiger partial charge on any atom is 0.390 e. The van der Waals surface area contributed by atoms with E-state index in [1.165, 1.54) is 12.8 Å². The van der Waals surface area contributed by atoms with Crippen LogP contribution >= 0.6 is 0 Å². The Bertz CT molecular complexity index is 284. The van der Waals surface area contributed by atoms with Gasteiger partial charge in [-0.05, 0) is 44.2 Å². The second-order valence-electron chi connectivity index (χ2n) is 6.96. The summed E-state index contributed by atoms with van der Waals surface area (Å²) in [5.74, 6) is 0.754. The predicted octanol–water partition coefficient (Wildman–Crippen LogP) is 4.07. The maximum absolute atomic E-state index is 12.4. The minimum atomic E-state index is -4.05. The average Bonchev–Trinajstić information content (AvgIpc) is 2.40. The molecule has 0 aromatic carbocycles. The topological polar surface area (TPSA) is 15.3 Å². The molecule has 1 saturated carbocycles. The van der Waals surface area contributed by atoms with E-state index in [1.807, 2.05) is 11.9 Å². The lowest BCUT2D eigenvalue weighted by molar-refractivity contribution is -0.138. The molecule has 0 unspecified atom stereocenters. The highest BCUT2D eigenvalue weighted by molar-refractivity contribution is 4.89. The van der Waals surface area contributed by atoms with Crippen LogP contribution in [0.3, 0.4) is 0 Å². The Morgan fingerprint density at radius 3 is 2.38 bits per heavy atom. The fraction of sp³-hybridized carbons (Fsp3) is 1.00. The molecule has 0 aromatic rings. The van der Waals surface area contributed by atoms with E-state index in [1.54, 1.807) is 0 Å². The molecule has 2 nitrogen and oxygen atoms in total. The van der Waals surface area contributed by atoms with Crippen LogP contribution in [0.25, 0.3) is 0 Å². The SMILES string of the molecule is CCCNCC1(CN(C)CCC(F)(F)F)CCC(C)CC1. The van der Waals surface area contributed by atoms with Gasteiger partial charge >= 0.3 is 6.18 Å². The second kappa shape index (κ2) is 8.37. The molecule has 0 aromatic heterocycles. The van der Waals surface area contributed by atoms with E-state index in [0.717, 1.165) is 44.8 Å². The molecule has 0 amide bonds. The average molecular weight is 308 g/mol. The highest BCUT2D eigenvalue weighted by Crippen LogP contribution is 2.39. The lowest BCUT2D eigenvalue weighted by atomic mass is 9.70. The number of alkyl halides is 3. The quantitative estimate of drug-likeness (QED) is 0.680. The number of nitrogens with one attached hydrogen (secondary N) is 1. The summed E-state index contributed by atoms with van der Waals surface area (Å²) in [5, 5.41) is 3.49. The van der Waals surface area contributed by atoms with Gasteiger partial charge in [-0.2, -0.15) is 13.2 Å². The first-order chi connectivity index (χ1) is 9.76. The van der Waals surface area contributed by atoms with E-state index in [0.29, 0.717) is 0 Å². The third kappa shape index (κ3) is 7.50. The zero-order valence-corrected chi connectivity index (χ0v) is 13.7. The van der Waals surface area contributed by atoms with Gasteiger partial charge < -0.3 is 10.2 Å². The lowest BCUT2D eigenvalue weighted by Gasteiger charge is -2.42. The van der Waals surface area contributed by atoms with Crippen LogP contribution in [-0.4, -0.2) is 44.3 Å². The molecule has 1 fully saturated rings. The molecule has 0 aliphatic heterocycles. The van der Waals surface area contributed by atoms with Gasteiger partial charge in [-0.15, -0.1) is 0 Å². The summed E-state index contributed by atoms with van der Waals surface area (Å²) in [7, 11) is 1.82. The number of halogens is 3. The molecule has 1 rings (SSSR count). The van der Waals surface area contributed by atoms with Crippen LogP contribution in [0.15, 0.2) is 0 Å². The zero-order chi connectivity index (χ0) is 15.9. The van der Waals surface area contributed by atoms with Gasteiger partial charge in [0, 0.05) is 19.6 Å². The minimum Gasteiger partial charge on any atom is -0.316 e. The summed E-state index contributed by atoms with van der Waals surface area (Å²) in [4.78, 5) is 1.87. The fourth-order valence-electron chi connectivity index (χ4n) is 3.26. The Morgan fingerprint density at radius 2 is 1.86 bits per heavy atom. The van der Waals surface area contributed by atoms with Crippen molar-refractivity contribution in [3.63, 3.8) is 0 Å². The van der Waals surface area contributed by atoms with E-state index in [9.17, 15) is 13.2 Å². The van der Waals surface area contributed by atoms with Gasteiger partial charge in [-0.25, -0.2) is 0 Å². The van der Waals surface area contributed by atoms with E-state index < -0.39 is 12.6 Å². The van der Waals surface area contributed by atoms with Crippen molar-refractivity contribution in [1.82, 2.24) is 10.2 Å². The first-order valence-corrected chi connectivity index (χ1v) is 8.22. The molecule has 0 spiro atoms. The summed E-state index contributed by atoms with van der Waals surface area (Å²) in [6.07, 6.45) is 0.974. The number of nitrogens with zero attached hydrogens (tertiary/aromatic N) is 1. The molecular weight excluding hydrogens is 277 g/mol. The largest absolute Gasteiger partial charge is 0.390 e. The second-order valence-corrected chi connectivity index (χ2v) is 6.96. The van der Waals surface area contributed by atoms with Crippen LogP contribution in [0.1, 0.15) is 52.4 Å². The van der Waals surface area contributed by atoms with Gasteiger partial charge in [0.05, 0.1) is 6.42 Å². The van der Waals surface area contributed by atoms with E-state index in [2.05, 4.69) is 19.2 Å². The van der Waals surface area contributed by atoms with Gasteiger partial charge in [-0.1, -0.05) is 26.7 Å². The summed E-state index contributed by atoms with van der Waals surface area (Å²) in [5.41, 5.74) is 0.155. The molecular formula is C16H31F3N2. The van der Waals surface area contributed by atoms with Crippen LogP contribution in [0.4, 0.5) is 13.2 Å². The number of hydrogen-bond donors (Lipinski definition) is 1. The highest BCUT2D eigenvalue weighted by Gasteiger charge is 2.35. The molecule has 1 aliphatic carbocycles. The molecule has 1 N–H and O–H groups in total. The predicted molar refractivity (Wildman–Crippen MR) is 81.4 cm³/mol. The van der Waals surface area contributed by atoms with Crippen molar-refractivity contribution < 1.29 is 13.2 Å². The Labute approximate surface area is 127 Å². The van der Waals surface area contributed by atoms with E-state index >= 15 is 0 Å². The van der Waals surface area contributed by atoms with Crippen molar-refractivity contribution in [2.45, 2.75) is 58.5 Å². The molecule has 0 radical (unpaired) electrons. The normalized spacial score (nSPS) is 27.3. The summed E-state index contributed by atoms with van der Waals surface area (Å²) < 4.78 is 37.1. The molecule has 0 atom stereocenters. The van der Waals surface area contributed by atoms with Gasteiger partial charge in [0.2, 0.25) is 0 Å². The Kier molecular flexibility index (Phi) is 7.48. The monoisotopic (exact) mass is 308 g/mol. The molecule has 0 heterocycles. The van der Waals surface area contributed by atoms with Crippen LogP contribution in [0.2, 0.25) is 0 Å². The summed E-state index contributed by atoms with van der Waals surface area (Å²) in [6.45, 7) is 7.21. The van der Waals surface area contributed by atoms with Crippen LogP contribution in [0.5, 0.6) is 0 Å². The van der Waals surface area contributed by atoms with Gasteiger partial charge in [0.25, 0.3) is 0 Å². The van der Waals surface area contributed by atoms with Crippen LogP contribution in [0, 0.1) is 11.3 Å². The highest BCUT2D eigenvalue weighted by atomic mass is 19.4. The Morgan fingerprint density at radius 1 is 1.24 bits per heavy atom. The molecule has 21 heavy (non-hydrogen) atoms. The van der Waals surface area contributed by atoms with Crippen molar-refractivity contribution >= 4 is 0 Å². The molecule has 5 heteroatoms. The number of rotatable bonds is 8. The van der Waals surface area contributed by atoms with Crippen molar-refractivity contribution in [3.05, 3.63) is 0 Å². The lowest BCUT2D eigenvalue weighted by Crippen LogP contribution is -2.45. The summed E-state index contributed by atoms with van der Waals surface area (Å²) in [6, 6.07) is 0. The first kappa shape index (κ1) is 18.8. The van der Waals surface area contributed by atoms with E-state index in [-0.39, 0.29) is 12.0 Å². The van der Waals surface area contributed by atoms with Crippen molar-refractivity contribution in [2.24, 2.45) is 11.3 Å². The van der Waals surface area contributed by atoms with Gasteiger partial charge in [-0.3, -0.25) is 0 Å². The van der Waals surface area contributed by atoms with E-state index in [4.69, 9.17) is 0 Å². The standard InChI is InChI=1S/C16H31F3N2/c1-4-10-20-12-15(7-5-14(2)6-8-15)13-21(3)11-9-16(17,18)19/h14,20H,4-13H2,1-3H3. The van der Waals surface area contributed by atoms with Crippen molar-refractivity contribution in [1.29, 1.82) is 0 Å². The van der Waals surface area contributed by atoms with Gasteiger partial charge in [0.1, 0.15) is 0 Å². The molecule has 1 aliphatic rings. The van der Waals surface area contributed by atoms with Crippen LogP contribution in [-0.2, 0) is 0 Å². The molecule has 0 saturated heterocycles. The number of hydrogen-bond acceptors (Lipinski definition) is 2. The molecule has 0 bridgehead atoms. The fourth-order valence-corrected chi connectivity index (χ4v) is 3.26. The van der Waals surface area contributed by atoms with Gasteiger partial charge in [0.15, 0.2) is 0 Å². The third-order valence-electron chi connectivity index (χ3n) is 4.64. The Balaban J connectivity index is 2.51. The third-order valence-corrected chi connectivity index (χ3v) is 4.64. The Hall–Kier alpha value is -0.290. The molecule has 126 valence electrons. The maximum atomic E-state index is 12.4. The first-order valence-electron chi connectivity index (χ1n) is 8.22. The minimum absolute atomic E-state index is 0.106. The summed E-state index contributed by atoms with van der Waals surface area (Å²) >= 11 is 0. The smallest absolute Gasteiger partial charge is 0.316 e. The zero-order valence-electron chi connectivity index (χ0n) is 13.7. The van der Waals surface area contributed by atoms with Crippen LogP contribution < -0.4 is 5.32 Å².